The van der Waals surface area contributed by atoms with Crippen molar-refractivity contribution in [1.82, 2.24) is 19.7 Å². The average Bonchev–Trinajstić information content (AvgIpc) is 3.46. The summed E-state index contributed by atoms with van der Waals surface area (Å²) in [4.78, 5) is 2.23. The van der Waals surface area contributed by atoms with E-state index in [1.54, 1.807) is 24.3 Å². The van der Waals surface area contributed by atoms with Gasteiger partial charge in [0.05, 0.1) is 31.7 Å². The Bertz CT molecular complexity index is 903. The van der Waals surface area contributed by atoms with E-state index in [-0.39, 0.29) is 6.10 Å². The van der Waals surface area contributed by atoms with Crippen LogP contribution in [-0.4, -0.2) is 39.4 Å². The quantitative estimate of drug-likeness (QED) is 0.489. The lowest BCUT2D eigenvalue weighted by Crippen LogP contribution is -2.23. The maximum Gasteiger partial charge on any atom is 0.191 e. The van der Waals surface area contributed by atoms with Crippen LogP contribution in [0.4, 0.5) is 0 Å². The van der Waals surface area contributed by atoms with E-state index in [1.807, 2.05) is 6.07 Å². The smallest absolute Gasteiger partial charge is 0.191 e. The Kier molecular flexibility index (Phi) is 6.69. The fourth-order valence-corrected chi connectivity index (χ4v) is 4.67. The van der Waals surface area contributed by atoms with Crippen molar-refractivity contribution in [3.63, 3.8) is 0 Å². The zero-order valence-corrected chi connectivity index (χ0v) is 17.9. The first-order valence-electron chi connectivity index (χ1n) is 10.1. The van der Waals surface area contributed by atoms with Crippen molar-refractivity contribution >= 4 is 11.8 Å². The highest BCUT2D eigenvalue weighted by atomic mass is 32.2. The third kappa shape index (κ3) is 5.29. The monoisotopic (exact) mass is 412 g/mol. The first kappa shape index (κ1) is 20.2. The minimum atomic E-state index is 0.252. The lowest BCUT2D eigenvalue weighted by molar-refractivity contribution is 0.0934. The van der Waals surface area contributed by atoms with Crippen molar-refractivity contribution in [2.75, 3.05) is 13.7 Å². The molecule has 4 rings (SSSR count). The molecule has 0 amide bonds. The van der Waals surface area contributed by atoms with Crippen molar-refractivity contribution in [1.29, 1.82) is 0 Å². The van der Waals surface area contributed by atoms with Gasteiger partial charge in [-0.15, -0.1) is 10.2 Å². The van der Waals surface area contributed by atoms with E-state index < -0.39 is 0 Å². The van der Waals surface area contributed by atoms with Crippen LogP contribution in [0.3, 0.4) is 0 Å². The molecule has 1 fully saturated rings. The molecule has 3 aromatic rings. The lowest BCUT2D eigenvalue weighted by Gasteiger charge is -2.18. The predicted octanol–water partition coefficient (Wildman–Crippen LogP) is 4.28. The fraction of sp³-hybridized carbons (Fsp3) is 0.455. The van der Waals surface area contributed by atoms with E-state index in [2.05, 4.69) is 57.9 Å². The summed E-state index contributed by atoms with van der Waals surface area (Å²) in [7, 11) is 2.10. The molecule has 0 radical (unpaired) electrons. The maximum atomic E-state index is 5.90. The molecule has 3 heterocycles. The highest BCUT2D eigenvalue weighted by Gasteiger charge is 2.22. The largest absolute Gasteiger partial charge is 0.472 e. The van der Waals surface area contributed by atoms with E-state index in [1.165, 1.54) is 11.1 Å². The normalized spacial score (nSPS) is 16.7. The van der Waals surface area contributed by atoms with Crippen LogP contribution in [0.25, 0.3) is 0 Å². The molecule has 1 atom stereocenters. The number of thioether (sulfide) groups is 1. The van der Waals surface area contributed by atoms with Crippen LogP contribution < -0.4 is 0 Å². The lowest BCUT2D eigenvalue weighted by atomic mass is 10.1. The molecule has 2 aromatic heterocycles. The van der Waals surface area contributed by atoms with Crippen molar-refractivity contribution in [2.45, 2.75) is 56.4 Å². The molecule has 1 saturated heterocycles. The van der Waals surface area contributed by atoms with Crippen LogP contribution in [0.1, 0.15) is 35.4 Å². The number of rotatable bonds is 9. The summed E-state index contributed by atoms with van der Waals surface area (Å²) in [6, 6.07) is 10.5. The van der Waals surface area contributed by atoms with Crippen LogP contribution in [0.5, 0.6) is 0 Å². The molecular formula is C22H28N4O2S. The third-order valence-corrected chi connectivity index (χ3v) is 6.28. The zero-order chi connectivity index (χ0) is 20.1. The van der Waals surface area contributed by atoms with Gasteiger partial charge in [0.25, 0.3) is 0 Å². The zero-order valence-electron chi connectivity index (χ0n) is 17.1. The van der Waals surface area contributed by atoms with Crippen LogP contribution >= 0.6 is 11.8 Å². The second kappa shape index (κ2) is 9.61. The minimum Gasteiger partial charge on any atom is -0.472 e. The standard InChI is InChI=1S/C22H28N4O2S/c1-17-6-3-4-7-19(17)16-29-22-24-23-21(26(22)13-20-8-5-10-28-20)14-25(2)12-18-9-11-27-15-18/h3-4,6-7,9,11,15,20H,5,8,10,12-14,16H2,1-2H3/t20-/m1/s1. The summed E-state index contributed by atoms with van der Waals surface area (Å²) in [6.07, 6.45) is 5.99. The van der Waals surface area contributed by atoms with E-state index in [0.29, 0.717) is 0 Å². The molecule has 6 nitrogen and oxygen atoms in total. The Hall–Kier alpha value is -2.09. The molecule has 154 valence electrons. The van der Waals surface area contributed by atoms with Crippen LogP contribution in [-0.2, 0) is 30.1 Å². The van der Waals surface area contributed by atoms with Gasteiger partial charge in [-0.25, -0.2) is 0 Å². The highest BCUT2D eigenvalue weighted by molar-refractivity contribution is 7.98. The van der Waals surface area contributed by atoms with Gasteiger partial charge in [-0.1, -0.05) is 36.0 Å². The first-order valence-corrected chi connectivity index (χ1v) is 11.1. The van der Waals surface area contributed by atoms with Crippen molar-refractivity contribution in [3.05, 3.63) is 65.4 Å². The SMILES string of the molecule is Cc1ccccc1CSc1nnc(CN(C)Cc2ccoc2)n1C[C@H]1CCCO1. The molecule has 1 aromatic carbocycles. The molecule has 0 saturated carbocycles. The van der Waals surface area contributed by atoms with Crippen molar-refractivity contribution < 1.29 is 9.15 Å². The molecule has 0 spiro atoms. The highest BCUT2D eigenvalue weighted by Crippen LogP contribution is 2.26. The van der Waals surface area contributed by atoms with Gasteiger partial charge >= 0.3 is 0 Å². The Balaban J connectivity index is 1.48. The van der Waals surface area contributed by atoms with Crippen LogP contribution in [0.2, 0.25) is 0 Å². The number of benzene rings is 1. The van der Waals surface area contributed by atoms with E-state index in [9.17, 15) is 0 Å². The number of ether oxygens (including phenoxy) is 1. The number of nitrogens with zero attached hydrogens (tertiary/aromatic N) is 4. The molecule has 0 N–H and O–H groups in total. The summed E-state index contributed by atoms with van der Waals surface area (Å²) < 4.78 is 13.3. The number of furan rings is 1. The Morgan fingerprint density at radius 1 is 1.21 bits per heavy atom. The second-order valence-corrected chi connectivity index (χ2v) is 8.61. The number of aromatic nitrogens is 3. The van der Waals surface area contributed by atoms with E-state index >= 15 is 0 Å². The number of hydrogen-bond donors (Lipinski definition) is 0. The Morgan fingerprint density at radius 2 is 2.10 bits per heavy atom. The topological polar surface area (TPSA) is 56.3 Å². The molecule has 7 heteroatoms. The summed E-state index contributed by atoms with van der Waals surface area (Å²) >= 11 is 1.75. The minimum absolute atomic E-state index is 0.252. The number of hydrogen-bond acceptors (Lipinski definition) is 6. The molecular weight excluding hydrogens is 384 g/mol. The van der Waals surface area contributed by atoms with Crippen LogP contribution in [0, 0.1) is 6.92 Å². The first-order chi connectivity index (χ1) is 14.2. The summed E-state index contributed by atoms with van der Waals surface area (Å²) in [6.45, 7) is 5.38. The average molecular weight is 413 g/mol. The molecule has 0 unspecified atom stereocenters. The van der Waals surface area contributed by atoms with Crippen molar-refractivity contribution in [3.8, 4) is 0 Å². The summed E-state index contributed by atoms with van der Waals surface area (Å²) in [5.41, 5.74) is 3.81. The van der Waals surface area contributed by atoms with Gasteiger partial charge in [0.15, 0.2) is 5.16 Å². The van der Waals surface area contributed by atoms with Crippen molar-refractivity contribution in [2.24, 2.45) is 0 Å². The Labute approximate surface area is 176 Å². The van der Waals surface area contributed by atoms with Gasteiger partial charge in [0.2, 0.25) is 0 Å². The third-order valence-electron chi connectivity index (χ3n) is 5.27. The molecule has 29 heavy (non-hydrogen) atoms. The Morgan fingerprint density at radius 3 is 2.86 bits per heavy atom. The van der Waals surface area contributed by atoms with Gasteiger partial charge in [-0.2, -0.15) is 0 Å². The molecule has 1 aliphatic rings. The van der Waals surface area contributed by atoms with Gasteiger partial charge in [-0.3, -0.25) is 4.90 Å². The summed E-state index contributed by atoms with van der Waals surface area (Å²) in [5, 5.41) is 10.0. The van der Waals surface area contributed by atoms with Gasteiger partial charge in [0, 0.05) is 24.5 Å². The number of aryl methyl sites for hydroxylation is 1. The molecule has 0 aliphatic carbocycles. The fourth-order valence-electron chi connectivity index (χ4n) is 3.62. The van der Waals surface area contributed by atoms with E-state index in [0.717, 1.165) is 61.4 Å². The predicted molar refractivity (Wildman–Crippen MR) is 114 cm³/mol. The second-order valence-electron chi connectivity index (χ2n) is 7.66. The molecule has 0 bridgehead atoms. The summed E-state index contributed by atoms with van der Waals surface area (Å²) in [5.74, 6) is 1.88. The van der Waals surface area contributed by atoms with Gasteiger partial charge in [-0.05, 0) is 44.0 Å². The van der Waals surface area contributed by atoms with Gasteiger partial charge in [0.1, 0.15) is 5.82 Å². The van der Waals surface area contributed by atoms with Crippen LogP contribution in [0.15, 0.2) is 52.4 Å². The van der Waals surface area contributed by atoms with Gasteiger partial charge < -0.3 is 13.7 Å². The molecule has 1 aliphatic heterocycles. The maximum absolute atomic E-state index is 5.90. The van der Waals surface area contributed by atoms with E-state index in [4.69, 9.17) is 9.15 Å².